The smallest absolute Gasteiger partial charge is 0.407 e. The van der Waals surface area contributed by atoms with Crippen LogP contribution in [0.4, 0.5) is 10.6 Å². The molecule has 7 nitrogen and oxygen atoms in total. The van der Waals surface area contributed by atoms with Crippen LogP contribution in [-0.2, 0) is 13.0 Å². The highest BCUT2D eigenvalue weighted by Crippen LogP contribution is 2.25. The number of carbonyl (C=O) groups is 1. The number of anilines is 1. The van der Waals surface area contributed by atoms with Gasteiger partial charge in [-0.3, -0.25) is 4.90 Å². The normalized spacial score (nSPS) is 17.4. The van der Waals surface area contributed by atoms with Crippen molar-refractivity contribution < 1.29 is 14.6 Å². The van der Waals surface area contributed by atoms with E-state index in [0.29, 0.717) is 25.6 Å². The van der Waals surface area contributed by atoms with Crippen LogP contribution in [0.25, 0.3) is 0 Å². The monoisotopic (exact) mass is 396 g/mol. The Balaban J connectivity index is 1.28. The standard InChI is InChI=1S/C22H28N4O3/c27-22(28)26-15-16-29-21-19(17-26)8-9-20(23-21)25-13-11-24(12-14-25)10-4-7-18-5-2-1-3-6-18/h1-3,5-6,8-9H,4,7,10-17H2,(H,27,28). The van der Waals surface area contributed by atoms with Crippen LogP contribution in [0.1, 0.15) is 17.5 Å². The predicted molar refractivity (Wildman–Crippen MR) is 112 cm³/mol. The first-order valence-electron chi connectivity index (χ1n) is 10.3. The summed E-state index contributed by atoms with van der Waals surface area (Å²) in [6.45, 7) is 6.09. The average molecular weight is 396 g/mol. The lowest BCUT2D eigenvalue weighted by molar-refractivity contribution is 0.137. The third-order valence-electron chi connectivity index (χ3n) is 5.63. The minimum atomic E-state index is -0.922. The molecule has 0 spiro atoms. The van der Waals surface area contributed by atoms with E-state index in [1.807, 2.05) is 12.1 Å². The van der Waals surface area contributed by atoms with Gasteiger partial charge in [0.2, 0.25) is 5.88 Å². The molecule has 7 heteroatoms. The molecule has 1 saturated heterocycles. The fourth-order valence-corrected chi connectivity index (χ4v) is 3.93. The van der Waals surface area contributed by atoms with Gasteiger partial charge in [0, 0.05) is 31.7 Å². The Kier molecular flexibility index (Phi) is 6.14. The van der Waals surface area contributed by atoms with Gasteiger partial charge in [-0.2, -0.15) is 4.98 Å². The number of aromatic nitrogens is 1. The molecule has 0 radical (unpaired) electrons. The van der Waals surface area contributed by atoms with E-state index in [2.05, 4.69) is 45.1 Å². The van der Waals surface area contributed by atoms with E-state index in [4.69, 9.17) is 4.74 Å². The minimum Gasteiger partial charge on any atom is -0.475 e. The van der Waals surface area contributed by atoms with E-state index in [9.17, 15) is 9.90 Å². The van der Waals surface area contributed by atoms with E-state index < -0.39 is 6.09 Å². The molecule has 2 aromatic rings. The summed E-state index contributed by atoms with van der Waals surface area (Å²) in [5.41, 5.74) is 2.23. The fraction of sp³-hybridized carbons (Fsp3) is 0.455. The van der Waals surface area contributed by atoms with Gasteiger partial charge in [-0.05, 0) is 37.1 Å². The van der Waals surface area contributed by atoms with E-state index in [1.165, 1.54) is 16.9 Å². The number of nitrogens with zero attached hydrogens (tertiary/aromatic N) is 4. The summed E-state index contributed by atoms with van der Waals surface area (Å²) in [6, 6.07) is 14.6. The van der Waals surface area contributed by atoms with E-state index in [-0.39, 0.29) is 0 Å². The van der Waals surface area contributed by atoms with Gasteiger partial charge in [0.1, 0.15) is 12.4 Å². The van der Waals surface area contributed by atoms with Crippen molar-refractivity contribution in [1.29, 1.82) is 0 Å². The minimum absolute atomic E-state index is 0.327. The molecular formula is C22H28N4O3. The molecule has 0 atom stereocenters. The highest BCUT2D eigenvalue weighted by Gasteiger charge is 2.23. The molecule has 0 saturated carbocycles. The van der Waals surface area contributed by atoms with Crippen molar-refractivity contribution in [3.63, 3.8) is 0 Å². The number of rotatable bonds is 5. The summed E-state index contributed by atoms with van der Waals surface area (Å²) in [6.07, 6.45) is 1.38. The van der Waals surface area contributed by atoms with Gasteiger partial charge >= 0.3 is 6.09 Å². The summed E-state index contributed by atoms with van der Waals surface area (Å²) in [7, 11) is 0. The lowest BCUT2D eigenvalue weighted by atomic mass is 10.1. The molecule has 1 aromatic heterocycles. The second-order valence-electron chi connectivity index (χ2n) is 7.60. The van der Waals surface area contributed by atoms with Gasteiger partial charge in [-0.15, -0.1) is 0 Å². The van der Waals surface area contributed by atoms with Gasteiger partial charge in [0.15, 0.2) is 0 Å². The maximum Gasteiger partial charge on any atom is 0.407 e. The molecule has 1 amide bonds. The first kappa shape index (κ1) is 19.5. The fourth-order valence-electron chi connectivity index (χ4n) is 3.93. The van der Waals surface area contributed by atoms with Crippen molar-refractivity contribution in [2.45, 2.75) is 19.4 Å². The van der Waals surface area contributed by atoms with Gasteiger partial charge in [0.25, 0.3) is 0 Å². The van der Waals surface area contributed by atoms with Crippen LogP contribution in [0.3, 0.4) is 0 Å². The second-order valence-corrected chi connectivity index (χ2v) is 7.60. The molecule has 1 fully saturated rings. The van der Waals surface area contributed by atoms with Gasteiger partial charge in [-0.1, -0.05) is 30.3 Å². The van der Waals surface area contributed by atoms with Gasteiger partial charge in [-0.25, -0.2) is 4.79 Å². The third kappa shape index (κ3) is 4.98. The Morgan fingerprint density at radius 2 is 1.83 bits per heavy atom. The number of amides is 1. The van der Waals surface area contributed by atoms with Crippen LogP contribution in [0, 0.1) is 0 Å². The second kappa shape index (κ2) is 9.13. The maximum atomic E-state index is 11.3. The van der Waals surface area contributed by atoms with Crippen LogP contribution in [0.2, 0.25) is 0 Å². The molecule has 0 unspecified atom stereocenters. The van der Waals surface area contributed by atoms with Crippen LogP contribution in [0.5, 0.6) is 5.88 Å². The SMILES string of the molecule is O=C(O)N1CCOc2nc(N3CCN(CCCc4ccccc4)CC3)ccc2C1. The third-order valence-corrected chi connectivity index (χ3v) is 5.63. The number of aryl methyl sites for hydroxylation is 1. The van der Waals surface area contributed by atoms with Crippen LogP contribution in [-0.4, -0.2) is 71.9 Å². The molecule has 2 aliphatic heterocycles. The Morgan fingerprint density at radius 3 is 2.59 bits per heavy atom. The maximum absolute atomic E-state index is 11.3. The zero-order valence-corrected chi connectivity index (χ0v) is 16.7. The molecule has 1 aromatic carbocycles. The molecule has 2 aliphatic rings. The average Bonchev–Trinajstić information content (AvgIpc) is 2.97. The zero-order chi connectivity index (χ0) is 20.1. The quantitative estimate of drug-likeness (QED) is 0.838. The van der Waals surface area contributed by atoms with Crippen molar-refractivity contribution in [2.24, 2.45) is 0 Å². The van der Waals surface area contributed by atoms with Crippen LogP contribution < -0.4 is 9.64 Å². The van der Waals surface area contributed by atoms with E-state index >= 15 is 0 Å². The van der Waals surface area contributed by atoms with Crippen molar-refractivity contribution in [3.8, 4) is 5.88 Å². The zero-order valence-electron chi connectivity index (χ0n) is 16.7. The highest BCUT2D eigenvalue weighted by atomic mass is 16.5. The lowest BCUT2D eigenvalue weighted by Gasteiger charge is -2.35. The summed E-state index contributed by atoms with van der Waals surface area (Å²) in [4.78, 5) is 22.1. The number of fused-ring (bicyclic) bond motifs is 1. The topological polar surface area (TPSA) is 69.1 Å². The van der Waals surface area contributed by atoms with Gasteiger partial charge in [0.05, 0.1) is 13.1 Å². The predicted octanol–water partition coefficient (Wildman–Crippen LogP) is 2.71. The van der Waals surface area contributed by atoms with Crippen LogP contribution >= 0.6 is 0 Å². The molecule has 29 heavy (non-hydrogen) atoms. The van der Waals surface area contributed by atoms with Crippen LogP contribution in [0.15, 0.2) is 42.5 Å². The molecule has 4 rings (SSSR count). The first-order chi connectivity index (χ1) is 14.2. The van der Waals surface area contributed by atoms with E-state index in [1.54, 1.807) is 0 Å². The number of piperazine rings is 1. The molecule has 154 valence electrons. The molecule has 0 aliphatic carbocycles. The number of pyridine rings is 1. The Morgan fingerprint density at radius 1 is 1.03 bits per heavy atom. The molecule has 1 N–H and O–H groups in total. The van der Waals surface area contributed by atoms with Crippen molar-refractivity contribution >= 4 is 11.9 Å². The Hall–Kier alpha value is -2.80. The number of benzene rings is 1. The Bertz CT molecular complexity index is 822. The van der Waals surface area contributed by atoms with Gasteiger partial charge < -0.3 is 19.6 Å². The highest BCUT2D eigenvalue weighted by molar-refractivity contribution is 5.65. The number of hydrogen-bond acceptors (Lipinski definition) is 5. The van der Waals surface area contributed by atoms with Crippen molar-refractivity contribution in [2.75, 3.05) is 50.8 Å². The van der Waals surface area contributed by atoms with Crippen molar-refractivity contribution in [3.05, 3.63) is 53.6 Å². The largest absolute Gasteiger partial charge is 0.475 e. The summed E-state index contributed by atoms with van der Waals surface area (Å²) >= 11 is 0. The Labute approximate surface area is 171 Å². The lowest BCUT2D eigenvalue weighted by Crippen LogP contribution is -2.47. The molecular weight excluding hydrogens is 368 g/mol. The number of ether oxygens (including phenoxy) is 1. The molecule has 0 bridgehead atoms. The van der Waals surface area contributed by atoms with Crippen molar-refractivity contribution in [1.82, 2.24) is 14.8 Å². The summed E-state index contributed by atoms with van der Waals surface area (Å²) in [5, 5.41) is 9.24. The number of hydrogen-bond donors (Lipinski definition) is 1. The first-order valence-corrected chi connectivity index (χ1v) is 10.3. The summed E-state index contributed by atoms with van der Waals surface area (Å²) in [5.74, 6) is 1.48. The summed E-state index contributed by atoms with van der Waals surface area (Å²) < 4.78 is 5.72. The number of carboxylic acid groups (broad SMARTS) is 1. The molecule has 3 heterocycles. The van der Waals surface area contributed by atoms with E-state index in [0.717, 1.165) is 50.5 Å².